The van der Waals surface area contributed by atoms with Gasteiger partial charge in [-0.2, -0.15) is 0 Å². The van der Waals surface area contributed by atoms with Crippen LogP contribution in [0.3, 0.4) is 0 Å². The first-order chi connectivity index (χ1) is 8.90. The quantitative estimate of drug-likeness (QED) is 0.623. The first kappa shape index (κ1) is 15.7. The van der Waals surface area contributed by atoms with Crippen LogP contribution < -0.4 is 5.32 Å². The molecule has 0 saturated carbocycles. The minimum absolute atomic E-state index is 0.272. The van der Waals surface area contributed by atoms with Crippen LogP contribution in [0.25, 0.3) is 0 Å². The van der Waals surface area contributed by atoms with E-state index < -0.39 is 12.1 Å². The van der Waals surface area contributed by atoms with E-state index in [1.54, 1.807) is 11.9 Å². The number of hydrogen-bond donors (Lipinski definition) is 3. The van der Waals surface area contributed by atoms with Crippen molar-refractivity contribution in [1.82, 2.24) is 15.1 Å². The molecular formula is C12H23N3O4. The average molecular weight is 273 g/mol. The summed E-state index contributed by atoms with van der Waals surface area (Å²) in [6.45, 7) is 2.46. The van der Waals surface area contributed by atoms with Gasteiger partial charge in [-0.15, -0.1) is 0 Å². The maximum absolute atomic E-state index is 11.7. The molecule has 1 aliphatic heterocycles. The highest BCUT2D eigenvalue weighted by Gasteiger charge is 2.21. The van der Waals surface area contributed by atoms with Gasteiger partial charge in [-0.1, -0.05) is 0 Å². The first-order valence-electron chi connectivity index (χ1n) is 6.48. The molecule has 1 saturated heterocycles. The Morgan fingerprint density at radius 1 is 1.42 bits per heavy atom. The summed E-state index contributed by atoms with van der Waals surface area (Å²) < 4.78 is 0. The van der Waals surface area contributed by atoms with Crippen molar-refractivity contribution in [3.05, 3.63) is 0 Å². The molecule has 2 amide bonds. The van der Waals surface area contributed by atoms with Gasteiger partial charge in [0.05, 0.1) is 6.54 Å². The minimum atomic E-state index is -1.55. The molecule has 0 radical (unpaired) electrons. The Kier molecular flexibility index (Phi) is 6.04. The molecule has 7 heteroatoms. The van der Waals surface area contributed by atoms with Crippen LogP contribution in [-0.2, 0) is 4.79 Å². The molecule has 0 aliphatic carbocycles. The van der Waals surface area contributed by atoms with Crippen molar-refractivity contribution in [3.8, 4) is 0 Å². The number of likely N-dealkylation sites (tertiary alicyclic amines) is 1. The summed E-state index contributed by atoms with van der Waals surface area (Å²) in [5.74, 6) is -0.852. The maximum atomic E-state index is 11.7. The van der Waals surface area contributed by atoms with E-state index in [4.69, 9.17) is 10.2 Å². The first-order valence-corrected chi connectivity index (χ1v) is 6.48. The lowest BCUT2D eigenvalue weighted by Gasteiger charge is -2.31. The molecule has 0 spiro atoms. The number of carbonyl (C=O) groups excluding carboxylic acids is 1. The molecule has 1 atom stereocenters. The highest BCUT2D eigenvalue weighted by molar-refractivity contribution is 5.76. The number of carboxylic acids is 1. The molecule has 1 aliphatic rings. The second kappa shape index (κ2) is 7.30. The molecule has 3 N–H and O–H groups in total. The van der Waals surface area contributed by atoms with E-state index in [1.165, 1.54) is 0 Å². The Balaban J connectivity index is 2.26. The Labute approximate surface area is 113 Å². The number of hydrogen-bond acceptors (Lipinski definition) is 4. The fourth-order valence-corrected chi connectivity index (χ4v) is 2.12. The van der Waals surface area contributed by atoms with Gasteiger partial charge in [0.25, 0.3) is 0 Å². The fourth-order valence-electron chi connectivity index (χ4n) is 2.12. The van der Waals surface area contributed by atoms with Gasteiger partial charge in [0.15, 0.2) is 6.10 Å². The normalized spacial score (nSPS) is 18.9. The van der Waals surface area contributed by atoms with Crippen LogP contribution in [0.2, 0.25) is 0 Å². The van der Waals surface area contributed by atoms with Gasteiger partial charge in [-0.3, -0.25) is 0 Å². The Morgan fingerprint density at radius 2 is 2.00 bits per heavy atom. The largest absolute Gasteiger partial charge is 0.479 e. The SMILES string of the molecule is CN1CCC(CN(C)C(=O)NCC(O)C(=O)O)CC1. The third kappa shape index (κ3) is 5.44. The molecule has 1 unspecified atom stereocenters. The molecule has 0 aromatic carbocycles. The molecule has 7 nitrogen and oxygen atoms in total. The molecule has 0 bridgehead atoms. The van der Waals surface area contributed by atoms with Crippen LogP contribution in [-0.4, -0.2) is 78.4 Å². The van der Waals surface area contributed by atoms with E-state index in [0.29, 0.717) is 12.5 Å². The van der Waals surface area contributed by atoms with Crippen LogP contribution in [0.5, 0.6) is 0 Å². The van der Waals surface area contributed by atoms with Gasteiger partial charge in [0.2, 0.25) is 0 Å². The number of aliphatic carboxylic acids is 1. The van der Waals surface area contributed by atoms with Crippen LogP contribution >= 0.6 is 0 Å². The lowest BCUT2D eigenvalue weighted by Crippen LogP contribution is -2.45. The number of aliphatic hydroxyl groups excluding tert-OH is 1. The number of nitrogens with one attached hydrogen (secondary N) is 1. The van der Waals surface area contributed by atoms with Crippen molar-refractivity contribution >= 4 is 12.0 Å². The van der Waals surface area contributed by atoms with Crippen LogP contribution in [0, 0.1) is 5.92 Å². The zero-order valence-electron chi connectivity index (χ0n) is 11.5. The van der Waals surface area contributed by atoms with Gasteiger partial charge in [0.1, 0.15) is 0 Å². The standard InChI is InChI=1S/C12H23N3O4/c1-14-5-3-9(4-6-14)8-15(2)12(19)13-7-10(16)11(17)18/h9-10,16H,3-8H2,1-2H3,(H,13,19)(H,17,18). The van der Waals surface area contributed by atoms with Crippen LogP contribution in [0.15, 0.2) is 0 Å². The lowest BCUT2D eigenvalue weighted by molar-refractivity contribution is -0.146. The molecule has 0 aromatic heterocycles. The lowest BCUT2D eigenvalue weighted by atomic mass is 9.97. The van der Waals surface area contributed by atoms with Crippen molar-refractivity contribution in [3.63, 3.8) is 0 Å². The molecule has 110 valence electrons. The van der Waals surface area contributed by atoms with Crippen molar-refractivity contribution in [2.75, 3.05) is 40.3 Å². The second-order valence-electron chi connectivity index (χ2n) is 5.17. The van der Waals surface area contributed by atoms with E-state index in [9.17, 15) is 9.59 Å². The smallest absolute Gasteiger partial charge is 0.334 e. The third-order valence-electron chi connectivity index (χ3n) is 3.45. The number of piperidine rings is 1. The zero-order chi connectivity index (χ0) is 14.4. The molecule has 19 heavy (non-hydrogen) atoms. The van der Waals surface area contributed by atoms with E-state index >= 15 is 0 Å². The van der Waals surface area contributed by atoms with Crippen molar-refractivity contribution in [1.29, 1.82) is 0 Å². The van der Waals surface area contributed by atoms with Gasteiger partial charge >= 0.3 is 12.0 Å². The Morgan fingerprint density at radius 3 is 2.53 bits per heavy atom. The van der Waals surface area contributed by atoms with E-state index in [2.05, 4.69) is 17.3 Å². The van der Waals surface area contributed by atoms with E-state index in [1.807, 2.05) is 0 Å². The number of carbonyl (C=O) groups is 2. The Hall–Kier alpha value is -1.34. The number of aliphatic hydroxyl groups is 1. The monoisotopic (exact) mass is 273 g/mol. The van der Waals surface area contributed by atoms with Crippen LogP contribution in [0.4, 0.5) is 4.79 Å². The second-order valence-corrected chi connectivity index (χ2v) is 5.17. The summed E-state index contributed by atoms with van der Waals surface area (Å²) >= 11 is 0. The summed E-state index contributed by atoms with van der Waals surface area (Å²) in [6.07, 6.45) is 0.568. The number of amides is 2. The number of rotatable bonds is 5. The summed E-state index contributed by atoms with van der Waals surface area (Å²) in [7, 11) is 3.76. The summed E-state index contributed by atoms with van der Waals surface area (Å²) in [4.78, 5) is 25.9. The average Bonchev–Trinajstić information content (AvgIpc) is 2.37. The summed E-state index contributed by atoms with van der Waals surface area (Å²) in [5.41, 5.74) is 0. The van der Waals surface area contributed by atoms with Crippen molar-refractivity contribution < 1.29 is 19.8 Å². The van der Waals surface area contributed by atoms with Crippen molar-refractivity contribution in [2.24, 2.45) is 5.92 Å². The number of urea groups is 1. The Bertz CT molecular complexity index is 316. The number of carboxylic acid groups (broad SMARTS) is 1. The fraction of sp³-hybridized carbons (Fsp3) is 0.833. The van der Waals surface area contributed by atoms with Gasteiger partial charge in [-0.25, -0.2) is 9.59 Å². The predicted molar refractivity (Wildman–Crippen MR) is 69.9 cm³/mol. The summed E-state index contributed by atoms with van der Waals surface area (Å²) in [5, 5.41) is 20.0. The predicted octanol–water partition coefficient (Wildman–Crippen LogP) is -0.585. The molecule has 1 rings (SSSR count). The topological polar surface area (TPSA) is 93.1 Å². The zero-order valence-corrected chi connectivity index (χ0v) is 11.5. The van der Waals surface area contributed by atoms with E-state index in [0.717, 1.165) is 25.9 Å². The minimum Gasteiger partial charge on any atom is -0.479 e. The molecular weight excluding hydrogens is 250 g/mol. The molecule has 0 aromatic rings. The molecule has 1 heterocycles. The van der Waals surface area contributed by atoms with E-state index in [-0.39, 0.29) is 12.6 Å². The van der Waals surface area contributed by atoms with Gasteiger partial charge < -0.3 is 25.3 Å². The van der Waals surface area contributed by atoms with Gasteiger partial charge in [0, 0.05) is 13.6 Å². The van der Waals surface area contributed by atoms with Crippen LogP contribution in [0.1, 0.15) is 12.8 Å². The third-order valence-corrected chi connectivity index (χ3v) is 3.45. The maximum Gasteiger partial charge on any atom is 0.334 e. The number of nitrogens with zero attached hydrogens (tertiary/aromatic N) is 2. The molecule has 1 fully saturated rings. The van der Waals surface area contributed by atoms with Crippen molar-refractivity contribution in [2.45, 2.75) is 18.9 Å². The summed E-state index contributed by atoms with van der Waals surface area (Å²) in [6, 6.07) is -0.348. The van der Waals surface area contributed by atoms with Gasteiger partial charge in [-0.05, 0) is 38.9 Å². The highest BCUT2D eigenvalue weighted by Crippen LogP contribution is 2.16. The highest BCUT2D eigenvalue weighted by atomic mass is 16.4.